The Morgan fingerprint density at radius 3 is 2.33 bits per heavy atom. The summed E-state index contributed by atoms with van der Waals surface area (Å²) in [5, 5.41) is 7.95. The molecular weight excluding hydrogens is 216 g/mol. The second kappa shape index (κ2) is 4.81. The van der Waals surface area contributed by atoms with E-state index in [1.165, 1.54) is 4.80 Å². The molecule has 2 heterocycles. The van der Waals surface area contributed by atoms with E-state index in [0.29, 0.717) is 11.5 Å². The normalized spacial score (nSPS) is 11.9. The zero-order valence-electron chi connectivity index (χ0n) is 8.11. The van der Waals surface area contributed by atoms with Crippen LogP contribution in [-0.2, 0) is 0 Å². The van der Waals surface area contributed by atoms with Crippen LogP contribution < -0.4 is 5.73 Å². The summed E-state index contributed by atoms with van der Waals surface area (Å²) in [6.45, 7) is 1.84. The quantitative estimate of drug-likeness (QED) is 0.806. The van der Waals surface area contributed by atoms with E-state index in [2.05, 4.69) is 20.2 Å². The van der Waals surface area contributed by atoms with Crippen molar-refractivity contribution in [2.75, 3.05) is 0 Å². The molecule has 0 fully saturated rings. The third-order valence-corrected chi connectivity index (χ3v) is 1.75. The summed E-state index contributed by atoms with van der Waals surface area (Å²) >= 11 is 0. The summed E-state index contributed by atoms with van der Waals surface area (Å²) < 4.78 is 0. The number of nitrogens with zero attached hydrogens (tertiary/aromatic N) is 5. The van der Waals surface area contributed by atoms with Crippen LogP contribution in [0.3, 0.4) is 0 Å². The molecule has 0 aliphatic carbocycles. The van der Waals surface area contributed by atoms with Gasteiger partial charge < -0.3 is 5.73 Å². The molecule has 1 atom stereocenters. The van der Waals surface area contributed by atoms with E-state index in [9.17, 15) is 0 Å². The predicted octanol–water partition coefficient (Wildman–Crippen LogP) is 0.499. The van der Waals surface area contributed by atoms with Gasteiger partial charge in [-0.3, -0.25) is 4.98 Å². The molecule has 0 spiro atoms. The predicted molar refractivity (Wildman–Crippen MR) is 56.8 cm³/mol. The highest BCUT2D eigenvalue weighted by atomic mass is 35.5. The van der Waals surface area contributed by atoms with E-state index in [1.54, 1.807) is 24.8 Å². The Labute approximate surface area is 92.9 Å². The van der Waals surface area contributed by atoms with Gasteiger partial charge in [-0.2, -0.15) is 10.2 Å². The van der Waals surface area contributed by atoms with Gasteiger partial charge in [0.1, 0.15) is 5.69 Å². The van der Waals surface area contributed by atoms with Crippen molar-refractivity contribution in [3.8, 4) is 5.82 Å². The standard InChI is InChI=1S/C8H10N6.ClH/c1-6(9)7-8(11-3-2-10-7)14-12-4-5-13-14;/h2-6H,9H2,1H3;1H. The highest BCUT2D eigenvalue weighted by Crippen LogP contribution is 2.12. The third-order valence-electron chi connectivity index (χ3n) is 1.75. The van der Waals surface area contributed by atoms with Crippen molar-refractivity contribution in [3.05, 3.63) is 30.5 Å². The molecule has 1 unspecified atom stereocenters. The van der Waals surface area contributed by atoms with Gasteiger partial charge in [-0.25, -0.2) is 4.98 Å². The second-order valence-electron chi connectivity index (χ2n) is 2.87. The number of aromatic nitrogens is 5. The van der Waals surface area contributed by atoms with Gasteiger partial charge in [0.05, 0.1) is 12.4 Å². The molecular formula is C8H11ClN6. The van der Waals surface area contributed by atoms with Gasteiger partial charge in [-0.15, -0.1) is 17.2 Å². The smallest absolute Gasteiger partial charge is 0.197 e. The summed E-state index contributed by atoms with van der Waals surface area (Å²) in [6.07, 6.45) is 6.36. The van der Waals surface area contributed by atoms with Crippen LogP contribution in [0.4, 0.5) is 0 Å². The molecule has 2 aromatic rings. The Kier molecular flexibility index (Phi) is 3.70. The number of halogens is 1. The van der Waals surface area contributed by atoms with Gasteiger partial charge in [-0.05, 0) is 6.92 Å². The first-order valence-electron chi connectivity index (χ1n) is 4.22. The fourth-order valence-corrected chi connectivity index (χ4v) is 1.14. The van der Waals surface area contributed by atoms with Crippen LogP contribution in [0.15, 0.2) is 24.8 Å². The summed E-state index contributed by atoms with van der Waals surface area (Å²) in [5.74, 6) is 0.576. The molecule has 6 nitrogen and oxygen atoms in total. The van der Waals surface area contributed by atoms with Crippen molar-refractivity contribution >= 4 is 12.4 Å². The van der Waals surface area contributed by atoms with E-state index in [1.807, 2.05) is 6.92 Å². The van der Waals surface area contributed by atoms with Crippen LogP contribution in [0.2, 0.25) is 0 Å². The number of hydrogen-bond donors (Lipinski definition) is 1. The van der Waals surface area contributed by atoms with Crippen molar-refractivity contribution in [2.45, 2.75) is 13.0 Å². The van der Waals surface area contributed by atoms with Crippen LogP contribution >= 0.6 is 12.4 Å². The van der Waals surface area contributed by atoms with E-state index < -0.39 is 0 Å². The first-order chi connectivity index (χ1) is 6.79. The Hall–Kier alpha value is -1.53. The highest BCUT2D eigenvalue weighted by molar-refractivity contribution is 5.85. The van der Waals surface area contributed by atoms with Gasteiger partial charge in [0.25, 0.3) is 0 Å². The maximum atomic E-state index is 5.75. The molecule has 0 amide bonds. The average Bonchev–Trinajstić information content (AvgIpc) is 2.70. The molecule has 0 aromatic carbocycles. The van der Waals surface area contributed by atoms with Gasteiger partial charge >= 0.3 is 0 Å². The lowest BCUT2D eigenvalue weighted by molar-refractivity contribution is 0.678. The maximum Gasteiger partial charge on any atom is 0.197 e. The van der Waals surface area contributed by atoms with Gasteiger partial charge in [0, 0.05) is 18.4 Å². The van der Waals surface area contributed by atoms with Crippen molar-refractivity contribution < 1.29 is 0 Å². The average molecular weight is 227 g/mol. The summed E-state index contributed by atoms with van der Waals surface area (Å²) in [4.78, 5) is 9.69. The first-order valence-corrected chi connectivity index (χ1v) is 4.22. The summed E-state index contributed by atoms with van der Waals surface area (Å²) in [7, 11) is 0. The van der Waals surface area contributed by atoms with Gasteiger partial charge in [0.15, 0.2) is 5.82 Å². The fourth-order valence-electron chi connectivity index (χ4n) is 1.14. The topological polar surface area (TPSA) is 82.5 Å². The van der Waals surface area contributed by atoms with Crippen LogP contribution in [0.25, 0.3) is 5.82 Å². The molecule has 0 saturated heterocycles. The molecule has 0 bridgehead atoms. The monoisotopic (exact) mass is 226 g/mol. The SMILES string of the molecule is CC(N)c1nccnc1-n1nccn1.Cl. The van der Waals surface area contributed by atoms with E-state index in [-0.39, 0.29) is 18.4 Å². The minimum Gasteiger partial charge on any atom is -0.323 e. The van der Waals surface area contributed by atoms with Crippen molar-refractivity contribution in [2.24, 2.45) is 5.73 Å². The summed E-state index contributed by atoms with van der Waals surface area (Å²) in [6, 6.07) is -0.190. The summed E-state index contributed by atoms with van der Waals surface area (Å²) in [5.41, 5.74) is 6.43. The van der Waals surface area contributed by atoms with Gasteiger partial charge in [-0.1, -0.05) is 0 Å². The molecule has 15 heavy (non-hydrogen) atoms. The molecule has 2 rings (SSSR count). The molecule has 0 aliphatic rings. The number of nitrogens with two attached hydrogens (primary N) is 1. The van der Waals surface area contributed by atoms with Crippen LogP contribution in [-0.4, -0.2) is 25.0 Å². The van der Waals surface area contributed by atoms with Crippen LogP contribution in [0.5, 0.6) is 0 Å². The second-order valence-corrected chi connectivity index (χ2v) is 2.87. The largest absolute Gasteiger partial charge is 0.323 e. The minimum absolute atomic E-state index is 0. The zero-order valence-corrected chi connectivity index (χ0v) is 8.92. The van der Waals surface area contributed by atoms with E-state index >= 15 is 0 Å². The Morgan fingerprint density at radius 2 is 1.73 bits per heavy atom. The molecule has 0 radical (unpaired) electrons. The lowest BCUT2D eigenvalue weighted by Gasteiger charge is -2.08. The Bertz CT molecular complexity index is 413. The van der Waals surface area contributed by atoms with E-state index in [0.717, 1.165) is 0 Å². The first kappa shape index (κ1) is 11.5. The molecule has 80 valence electrons. The van der Waals surface area contributed by atoms with Crippen LogP contribution in [0.1, 0.15) is 18.7 Å². The fraction of sp³-hybridized carbons (Fsp3) is 0.250. The van der Waals surface area contributed by atoms with E-state index in [4.69, 9.17) is 5.73 Å². The Balaban J connectivity index is 0.00000112. The Morgan fingerprint density at radius 1 is 1.13 bits per heavy atom. The van der Waals surface area contributed by atoms with Gasteiger partial charge in [0.2, 0.25) is 0 Å². The zero-order chi connectivity index (χ0) is 9.97. The lowest BCUT2D eigenvalue weighted by atomic mass is 10.2. The molecule has 0 saturated carbocycles. The molecule has 7 heteroatoms. The molecule has 0 aliphatic heterocycles. The maximum absolute atomic E-state index is 5.75. The number of hydrogen-bond acceptors (Lipinski definition) is 5. The van der Waals surface area contributed by atoms with Crippen molar-refractivity contribution in [3.63, 3.8) is 0 Å². The van der Waals surface area contributed by atoms with Crippen molar-refractivity contribution in [1.82, 2.24) is 25.0 Å². The highest BCUT2D eigenvalue weighted by Gasteiger charge is 2.11. The third kappa shape index (κ3) is 2.28. The lowest BCUT2D eigenvalue weighted by Crippen LogP contribution is -2.14. The minimum atomic E-state index is -0.190. The van der Waals surface area contributed by atoms with Crippen molar-refractivity contribution in [1.29, 1.82) is 0 Å². The van der Waals surface area contributed by atoms with Crippen LogP contribution in [0, 0.1) is 0 Å². The molecule has 2 N–H and O–H groups in total. The molecule has 2 aromatic heterocycles. The number of rotatable bonds is 2.